The number of hydrogen-bond acceptors (Lipinski definition) is 5. The number of likely N-dealkylation sites (tertiary alicyclic amines) is 1. The third-order valence-corrected chi connectivity index (χ3v) is 7.27. The van der Waals surface area contributed by atoms with E-state index in [0.717, 1.165) is 9.87 Å². The van der Waals surface area contributed by atoms with Gasteiger partial charge >= 0.3 is 6.03 Å². The summed E-state index contributed by atoms with van der Waals surface area (Å²) in [7, 11) is -4.04. The van der Waals surface area contributed by atoms with Gasteiger partial charge < -0.3 is 15.0 Å². The quantitative estimate of drug-likeness (QED) is 0.801. The molecule has 0 aliphatic carbocycles. The summed E-state index contributed by atoms with van der Waals surface area (Å²) in [6, 6.07) is 11.5. The van der Waals surface area contributed by atoms with Gasteiger partial charge in [0.2, 0.25) is 0 Å². The molecule has 30 heavy (non-hydrogen) atoms. The highest BCUT2D eigenvalue weighted by molar-refractivity contribution is 7.89. The second-order valence-electron chi connectivity index (χ2n) is 7.40. The lowest BCUT2D eigenvalue weighted by Crippen LogP contribution is -2.63. The van der Waals surface area contributed by atoms with Crippen LogP contribution in [0.2, 0.25) is 0 Å². The number of aromatic nitrogens is 1. The zero-order chi connectivity index (χ0) is 21.4. The number of piperidine rings is 1. The van der Waals surface area contributed by atoms with Crippen molar-refractivity contribution < 1.29 is 22.3 Å². The van der Waals surface area contributed by atoms with E-state index in [-0.39, 0.29) is 37.7 Å². The van der Waals surface area contributed by atoms with Crippen molar-refractivity contribution in [1.29, 1.82) is 0 Å². The fourth-order valence-electron chi connectivity index (χ4n) is 3.84. The van der Waals surface area contributed by atoms with Crippen LogP contribution in [-0.4, -0.2) is 66.8 Å². The molecule has 4 rings (SSSR count). The van der Waals surface area contributed by atoms with Crippen LogP contribution in [0.25, 0.3) is 0 Å². The van der Waals surface area contributed by atoms with Gasteiger partial charge in [-0.3, -0.25) is 0 Å². The molecule has 0 radical (unpaired) electrons. The summed E-state index contributed by atoms with van der Waals surface area (Å²) in [4.78, 5) is 17.9. The van der Waals surface area contributed by atoms with E-state index < -0.39 is 28.0 Å². The largest absolute Gasteiger partial charge is 0.355 e. The molecule has 2 saturated heterocycles. The van der Waals surface area contributed by atoms with Crippen LogP contribution >= 0.6 is 0 Å². The van der Waals surface area contributed by atoms with Crippen molar-refractivity contribution in [3.63, 3.8) is 0 Å². The smallest absolute Gasteiger partial charge is 0.321 e. The average Bonchev–Trinajstić information content (AvgIpc) is 3.17. The molecule has 2 amide bonds. The molecule has 2 unspecified atom stereocenters. The minimum Gasteiger partial charge on any atom is -0.355 e. The first-order chi connectivity index (χ1) is 14.3. The van der Waals surface area contributed by atoms with Crippen molar-refractivity contribution in [2.45, 2.75) is 30.3 Å². The Morgan fingerprint density at radius 1 is 1.23 bits per heavy atom. The monoisotopic (exact) mass is 434 g/mol. The number of alkyl halides is 1. The number of amides is 2. The summed E-state index contributed by atoms with van der Waals surface area (Å²) in [6.45, 7) is 1.81. The number of nitrogens with one attached hydrogen (secondary N) is 1. The molecule has 1 aromatic carbocycles. The van der Waals surface area contributed by atoms with E-state index in [9.17, 15) is 13.2 Å². The number of anilines is 1. The molecular formula is C20H23FN4O4S. The maximum Gasteiger partial charge on any atom is 0.321 e. The van der Waals surface area contributed by atoms with Crippen LogP contribution in [0.3, 0.4) is 0 Å². The Hall–Kier alpha value is -2.56. The molecule has 2 aliphatic rings. The standard InChI is InChI=1S/C20H23FN4O4S/c1-15-7-8-18(22-13-15)30(27,28)25-11-12-29-20(25)9-10-24(14-17(20)21)19(26)23-16-5-3-2-4-6-16/h2-8,13,17H,9-12,14H2,1H3,(H,23,26). The third-order valence-electron chi connectivity index (χ3n) is 5.43. The number of urea groups is 1. The van der Waals surface area contributed by atoms with Crippen LogP contribution in [0.4, 0.5) is 14.9 Å². The second-order valence-corrected chi connectivity index (χ2v) is 9.21. The molecule has 2 aliphatic heterocycles. The van der Waals surface area contributed by atoms with Gasteiger partial charge in [0, 0.05) is 31.4 Å². The van der Waals surface area contributed by atoms with Crippen LogP contribution in [0, 0.1) is 6.92 Å². The number of sulfonamides is 1. The molecule has 1 aromatic heterocycles. The number of rotatable bonds is 3. The van der Waals surface area contributed by atoms with Crippen molar-refractivity contribution >= 4 is 21.7 Å². The van der Waals surface area contributed by atoms with Gasteiger partial charge in [-0.25, -0.2) is 22.6 Å². The van der Waals surface area contributed by atoms with E-state index in [2.05, 4.69) is 10.3 Å². The van der Waals surface area contributed by atoms with E-state index in [4.69, 9.17) is 4.74 Å². The number of aryl methyl sites for hydroxylation is 1. The number of hydrogen-bond donors (Lipinski definition) is 1. The molecule has 0 saturated carbocycles. The summed E-state index contributed by atoms with van der Waals surface area (Å²) in [5.41, 5.74) is -0.207. The van der Waals surface area contributed by atoms with E-state index >= 15 is 4.39 Å². The van der Waals surface area contributed by atoms with Gasteiger partial charge in [0.15, 0.2) is 16.9 Å². The molecule has 1 N–H and O–H groups in total. The summed E-state index contributed by atoms with van der Waals surface area (Å²) >= 11 is 0. The van der Waals surface area contributed by atoms with E-state index in [1.807, 2.05) is 6.07 Å². The maximum atomic E-state index is 15.4. The molecule has 10 heteroatoms. The lowest BCUT2D eigenvalue weighted by Gasteiger charge is -2.44. The maximum absolute atomic E-state index is 15.4. The summed E-state index contributed by atoms with van der Waals surface area (Å²) in [5.74, 6) is 0. The second kappa shape index (κ2) is 7.93. The summed E-state index contributed by atoms with van der Waals surface area (Å²) in [6.07, 6.45) is -0.211. The number of halogens is 1. The predicted octanol–water partition coefficient (Wildman–Crippen LogP) is 2.38. The van der Waals surface area contributed by atoms with Gasteiger partial charge in [0.05, 0.1) is 13.2 Å². The number of ether oxygens (including phenoxy) is 1. The number of benzene rings is 1. The van der Waals surface area contributed by atoms with Gasteiger partial charge in [-0.15, -0.1) is 0 Å². The van der Waals surface area contributed by atoms with Crippen molar-refractivity contribution in [1.82, 2.24) is 14.2 Å². The molecular weight excluding hydrogens is 411 g/mol. The third kappa shape index (κ3) is 3.66. The topological polar surface area (TPSA) is 91.8 Å². The Kier molecular flexibility index (Phi) is 5.48. The number of carbonyl (C=O) groups excluding carboxylic acids is 1. The van der Waals surface area contributed by atoms with Crippen molar-refractivity contribution in [3.05, 3.63) is 54.2 Å². The zero-order valence-corrected chi connectivity index (χ0v) is 17.3. The normalized spacial score (nSPS) is 24.9. The van der Waals surface area contributed by atoms with E-state index in [0.29, 0.717) is 5.69 Å². The Morgan fingerprint density at radius 2 is 2.00 bits per heavy atom. The highest BCUT2D eigenvalue weighted by Crippen LogP contribution is 2.39. The van der Waals surface area contributed by atoms with Crippen molar-refractivity contribution in [2.24, 2.45) is 0 Å². The number of carbonyl (C=O) groups is 1. The first-order valence-corrected chi connectivity index (χ1v) is 11.1. The van der Waals surface area contributed by atoms with E-state index in [1.54, 1.807) is 37.3 Å². The Morgan fingerprint density at radius 3 is 2.67 bits per heavy atom. The van der Waals surface area contributed by atoms with Gasteiger partial charge in [0.25, 0.3) is 10.0 Å². The number of nitrogens with zero attached hydrogens (tertiary/aromatic N) is 3. The predicted molar refractivity (Wildman–Crippen MR) is 108 cm³/mol. The SMILES string of the molecule is Cc1ccc(S(=O)(=O)N2CCOC23CCN(C(=O)Nc2ccccc2)CC3F)nc1. The summed E-state index contributed by atoms with van der Waals surface area (Å²) < 4.78 is 48.4. The van der Waals surface area contributed by atoms with Crippen molar-refractivity contribution in [3.8, 4) is 0 Å². The Labute approximate surface area is 174 Å². The zero-order valence-electron chi connectivity index (χ0n) is 16.5. The first-order valence-electron chi connectivity index (χ1n) is 9.67. The molecule has 0 bridgehead atoms. The molecule has 2 fully saturated rings. The van der Waals surface area contributed by atoms with Gasteiger partial charge in [-0.05, 0) is 30.7 Å². The minimum absolute atomic E-state index is 0.0292. The van der Waals surface area contributed by atoms with E-state index in [1.165, 1.54) is 17.2 Å². The Bertz CT molecular complexity index is 1020. The number of para-hydroxylation sites is 1. The van der Waals surface area contributed by atoms with Crippen LogP contribution in [0.15, 0.2) is 53.7 Å². The first kappa shape index (κ1) is 20.7. The van der Waals surface area contributed by atoms with Crippen LogP contribution in [0.5, 0.6) is 0 Å². The lowest BCUT2D eigenvalue weighted by atomic mass is 9.99. The molecule has 8 nitrogen and oxygen atoms in total. The molecule has 160 valence electrons. The van der Waals surface area contributed by atoms with Crippen LogP contribution < -0.4 is 5.32 Å². The fourth-order valence-corrected chi connectivity index (χ4v) is 5.47. The molecule has 3 heterocycles. The molecule has 2 atom stereocenters. The molecule has 2 aromatic rings. The summed E-state index contributed by atoms with van der Waals surface area (Å²) in [5, 5.41) is 2.58. The van der Waals surface area contributed by atoms with Crippen LogP contribution in [0.1, 0.15) is 12.0 Å². The van der Waals surface area contributed by atoms with Gasteiger partial charge in [0.1, 0.15) is 0 Å². The van der Waals surface area contributed by atoms with Gasteiger partial charge in [-0.2, -0.15) is 4.31 Å². The fraction of sp³-hybridized carbons (Fsp3) is 0.400. The number of pyridine rings is 1. The van der Waals surface area contributed by atoms with Gasteiger partial charge in [-0.1, -0.05) is 24.3 Å². The highest BCUT2D eigenvalue weighted by Gasteiger charge is 2.57. The van der Waals surface area contributed by atoms with Crippen molar-refractivity contribution in [2.75, 3.05) is 31.6 Å². The highest BCUT2D eigenvalue weighted by atomic mass is 32.2. The minimum atomic E-state index is -4.04. The average molecular weight is 434 g/mol. The van der Waals surface area contributed by atoms with Crippen LogP contribution in [-0.2, 0) is 14.8 Å². The molecule has 1 spiro atoms. The Balaban J connectivity index is 1.52. The lowest BCUT2D eigenvalue weighted by molar-refractivity contribution is -0.135.